The zero-order chi connectivity index (χ0) is 15.0. The molecule has 4 nitrogen and oxygen atoms in total. The van der Waals surface area contributed by atoms with Gasteiger partial charge in [-0.15, -0.1) is 0 Å². The number of hydrogen-bond acceptors (Lipinski definition) is 3. The highest BCUT2D eigenvalue weighted by atomic mass is 35.5. The second kappa shape index (κ2) is 5.14. The molecule has 1 aliphatic rings. The Kier molecular flexibility index (Phi) is 3.84. The lowest BCUT2D eigenvalue weighted by molar-refractivity contribution is -0.166. The van der Waals surface area contributed by atoms with Crippen LogP contribution in [0.3, 0.4) is 0 Å². The highest BCUT2D eigenvalue weighted by Gasteiger charge is 2.62. The molecule has 4 N–H and O–H groups in total. The van der Waals surface area contributed by atoms with E-state index >= 15 is 0 Å². The van der Waals surface area contributed by atoms with E-state index in [1.165, 1.54) is 12.1 Å². The fourth-order valence-corrected chi connectivity index (χ4v) is 2.10. The maximum absolute atomic E-state index is 12.8. The molecule has 0 bridgehead atoms. The molecule has 1 fully saturated rings. The van der Waals surface area contributed by atoms with Gasteiger partial charge in [0.1, 0.15) is 5.54 Å². The molecular formula is C12H13ClF3N3O. The first-order valence-corrected chi connectivity index (χ1v) is 6.25. The third-order valence-electron chi connectivity index (χ3n) is 3.37. The molecule has 0 amide bonds. The molecular weight excluding hydrogens is 295 g/mol. The SMILES string of the molecule is N/C(=N/O)c1ccc(CNC2(C(F)(F)F)CC2)c(Cl)c1. The lowest BCUT2D eigenvalue weighted by atomic mass is 10.1. The minimum absolute atomic E-state index is 0.00873. The van der Waals surface area contributed by atoms with Crippen LogP contribution in [-0.4, -0.2) is 22.8 Å². The molecule has 8 heteroatoms. The average molecular weight is 308 g/mol. The summed E-state index contributed by atoms with van der Waals surface area (Å²) in [5.41, 5.74) is 4.55. The molecule has 1 aromatic rings. The van der Waals surface area contributed by atoms with Crippen molar-refractivity contribution in [3.8, 4) is 0 Å². The summed E-state index contributed by atoms with van der Waals surface area (Å²) in [7, 11) is 0. The zero-order valence-corrected chi connectivity index (χ0v) is 11.1. The number of nitrogens with two attached hydrogens (primary N) is 1. The molecule has 110 valence electrons. The van der Waals surface area contributed by atoms with E-state index in [2.05, 4.69) is 10.5 Å². The van der Waals surface area contributed by atoms with E-state index in [0.717, 1.165) is 0 Å². The van der Waals surface area contributed by atoms with Gasteiger partial charge in [-0.05, 0) is 24.5 Å². The van der Waals surface area contributed by atoms with E-state index in [-0.39, 0.29) is 30.2 Å². The summed E-state index contributed by atoms with van der Waals surface area (Å²) in [6.07, 6.45) is -4.10. The van der Waals surface area contributed by atoms with Crippen LogP contribution < -0.4 is 11.1 Å². The first-order valence-electron chi connectivity index (χ1n) is 5.87. The highest BCUT2D eigenvalue weighted by molar-refractivity contribution is 6.31. The molecule has 0 atom stereocenters. The van der Waals surface area contributed by atoms with Gasteiger partial charge in [0, 0.05) is 17.1 Å². The van der Waals surface area contributed by atoms with Gasteiger partial charge in [-0.3, -0.25) is 5.32 Å². The summed E-state index contributed by atoms with van der Waals surface area (Å²) in [6.45, 7) is 0.00873. The van der Waals surface area contributed by atoms with Crippen LogP contribution in [0.2, 0.25) is 5.02 Å². The van der Waals surface area contributed by atoms with Gasteiger partial charge in [-0.1, -0.05) is 28.9 Å². The maximum atomic E-state index is 12.8. The molecule has 0 radical (unpaired) electrons. The minimum Gasteiger partial charge on any atom is -0.409 e. The van der Waals surface area contributed by atoms with E-state index in [0.29, 0.717) is 11.1 Å². The van der Waals surface area contributed by atoms with Crippen molar-refractivity contribution in [1.29, 1.82) is 0 Å². The molecule has 0 aromatic heterocycles. The van der Waals surface area contributed by atoms with Gasteiger partial charge in [0.2, 0.25) is 0 Å². The molecule has 20 heavy (non-hydrogen) atoms. The summed E-state index contributed by atoms with van der Waals surface area (Å²) in [6, 6.07) is 4.53. The van der Waals surface area contributed by atoms with Crippen LogP contribution in [-0.2, 0) is 6.54 Å². The molecule has 0 unspecified atom stereocenters. The largest absolute Gasteiger partial charge is 0.409 e. The summed E-state index contributed by atoms with van der Waals surface area (Å²) in [5.74, 6) is -0.111. The highest BCUT2D eigenvalue weighted by Crippen LogP contribution is 2.49. The number of nitrogens with one attached hydrogen (secondary N) is 1. The van der Waals surface area contributed by atoms with Gasteiger partial charge in [0.25, 0.3) is 0 Å². The molecule has 0 aliphatic heterocycles. The van der Waals surface area contributed by atoms with Crippen LogP contribution >= 0.6 is 11.6 Å². The van der Waals surface area contributed by atoms with Crippen molar-refractivity contribution in [1.82, 2.24) is 5.32 Å². The Labute approximate surface area is 118 Å². The number of rotatable bonds is 4. The number of oxime groups is 1. The zero-order valence-electron chi connectivity index (χ0n) is 10.3. The predicted molar refractivity (Wildman–Crippen MR) is 68.8 cm³/mol. The molecule has 0 spiro atoms. The monoisotopic (exact) mass is 307 g/mol. The third-order valence-corrected chi connectivity index (χ3v) is 3.72. The van der Waals surface area contributed by atoms with E-state index < -0.39 is 11.7 Å². The van der Waals surface area contributed by atoms with Crippen LogP contribution in [0.15, 0.2) is 23.4 Å². The quantitative estimate of drug-likeness (QED) is 0.346. The predicted octanol–water partition coefficient (Wildman–Crippen LogP) is 2.62. The van der Waals surface area contributed by atoms with Crippen molar-refractivity contribution in [2.24, 2.45) is 10.9 Å². The van der Waals surface area contributed by atoms with Crippen LogP contribution in [0.4, 0.5) is 13.2 Å². The Balaban J connectivity index is 2.08. The van der Waals surface area contributed by atoms with Gasteiger partial charge >= 0.3 is 6.18 Å². The molecule has 1 aliphatic carbocycles. The van der Waals surface area contributed by atoms with Gasteiger partial charge in [0.05, 0.1) is 0 Å². The Morgan fingerprint density at radius 2 is 2.10 bits per heavy atom. The van der Waals surface area contributed by atoms with Crippen LogP contribution in [0.5, 0.6) is 0 Å². The number of nitrogens with zero attached hydrogens (tertiary/aromatic N) is 1. The summed E-state index contributed by atoms with van der Waals surface area (Å²) >= 11 is 5.98. The van der Waals surface area contributed by atoms with Gasteiger partial charge in [0.15, 0.2) is 5.84 Å². The molecule has 1 aromatic carbocycles. The molecule has 0 heterocycles. The standard InChI is InChI=1S/C12H13ClF3N3O/c13-9-5-7(10(17)19-20)1-2-8(9)6-18-11(3-4-11)12(14,15)16/h1-2,5,18,20H,3-4,6H2,(H2,17,19). The van der Waals surface area contributed by atoms with Crippen LogP contribution in [0.1, 0.15) is 24.0 Å². The van der Waals surface area contributed by atoms with Crippen molar-refractivity contribution in [2.75, 3.05) is 0 Å². The maximum Gasteiger partial charge on any atom is 0.406 e. The smallest absolute Gasteiger partial charge is 0.406 e. The Hall–Kier alpha value is -1.47. The van der Waals surface area contributed by atoms with E-state index in [4.69, 9.17) is 22.5 Å². The Morgan fingerprint density at radius 1 is 1.45 bits per heavy atom. The lowest BCUT2D eigenvalue weighted by Gasteiger charge is -2.21. The minimum atomic E-state index is -4.26. The average Bonchev–Trinajstić information content (AvgIpc) is 3.17. The summed E-state index contributed by atoms with van der Waals surface area (Å²) in [5, 5.41) is 14.1. The van der Waals surface area contributed by atoms with Crippen molar-refractivity contribution >= 4 is 17.4 Å². The normalized spacial score (nSPS) is 18.1. The molecule has 2 rings (SSSR count). The number of halogens is 4. The van der Waals surface area contributed by atoms with Crippen LogP contribution in [0.25, 0.3) is 0 Å². The topological polar surface area (TPSA) is 70.6 Å². The first-order chi connectivity index (χ1) is 9.29. The second-order valence-corrected chi connectivity index (χ2v) is 5.13. The van der Waals surface area contributed by atoms with Crippen molar-refractivity contribution in [2.45, 2.75) is 31.1 Å². The van der Waals surface area contributed by atoms with Crippen molar-refractivity contribution < 1.29 is 18.4 Å². The number of amidine groups is 1. The molecule has 0 saturated heterocycles. The van der Waals surface area contributed by atoms with E-state index in [1.807, 2.05) is 0 Å². The third kappa shape index (κ3) is 2.83. The lowest BCUT2D eigenvalue weighted by Crippen LogP contribution is -2.44. The van der Waals surface area contributed by atoms with E-state index in [1.54, 1.807) is 6.07 Å². The fourth-order valence-electron chi connectivity index (χ4n) is 1.86. The second-order valence-electron chi connectivity index (χ2n) is 4.72. The van der Waals surface area contributed by atoms with Gasteiger partial charge in [-0.25, -0.2) is 0 Å². The number of alkyl halides is 3. The summed E-state index contributed by atoms with van der Waals surface area (Å²) in [4.78, 5) is 0. The first kappa shape index (κ1) is 14.9. The fraction of sp³-hybridized carbons (Fsp3) is 0.417. The van der Waals surface area contributed by atoms with E-state index in [9.17, 15) is 13.2 Å². The Morgan fingerprint density at radius 3 is 2.55 bits per heavy atom. The molecule has 1 saturated carbocycles. The van der Waals surface area contributed by atoms with Crippen molar-refractivity contribution in [3.63, 3.8) is 0 Å². The number of benzene rings is 1. The van der Waals surface area contributed by atoms with Gasteiger partial charge in [-0.2, -0.15) is 13.2 Å². The van der Waals surface area contributed by atoms with Gasteiger partial charge < -0.3 is 10.9 Å². The van der Waals surface area contributed by atoms with Crippen molar-refractivity contribution in [3.05, 3.63) is 34.3 Å². The number of hydrogen-bond donors (Lipinski definition) is 3. The Bertz CT molecular complexity index is 541. The van der Waals surface area contributed by atoms with Crippen LogP contribution in [0, 0.1) is 0 Å². The summed E-state index contributed by atoms with van der Waals surface area (Å²) < 4.78 is 38.3.